The molecular formula is C16H18BrNO. The quantitative estimate of drug-likeness (QED) is 0.877. The second-order valence-electron chi connectivity index (χ2n) is 4.59. The maximum Gasteiger partial charge on any atom is 0.0626 e. The van der Waals surface area contributed by atoms with Crippen molar-refractivity contribution in [1.29, 1.82) is 0 Å². The molecular weight excluding hydrogens is 302 g/mol. The number of nitrogens with one attached hydrogen (secondary N) is 1. The molecule has 0 saturated carbocycles. The minimum absolute atomic E-state index is 0.0461. The van der Waals surface area contributed by atoms with Crippen molar-refractivity contribution in [1.82, 2.24) is 5.32 Å². The molecule has 100 valence electrons. The van der Waals surface area contributed by atoms with Crippen LogP contribution in [-0.4, -0.2) is 11.7 Å². The molecule has 2 nitrogen and oxygen atoms in total. The van der Waals surface area contributed by atoms with Gasteiger partial charge in [-0.05, 0) is 30.2 Å². The predicted molar refractivity (Wildman–Crippen MR) is 82.0 cm³/mol. The van der Waals surface area contributed by atoms with Gasteiger partial charge < -0.3 is 10.4 Å². The highest BCUT2D eigenvalue weighted by atomic mass is 79.9. The number of hydrogen-bond acceptors (Lipinski definition) is 2. The molecule has 0 radical (unpaired) electrons. The second kappa shape index (κ2) is 6.85. The normalized spacial score (nSPS) is 14.1. The average Bonchev–Trinajstić information content (AvgIpc) is 2.45. The molecule has 2 aromatic rings. The average molecular weight is 320 g/mol. The highest BCUT2D eigenvalue weighted by Crippen LogP contribution is 2.21. The standard InChI is InChI=1S/C16H18BrNO/c1-12(14-8-5-9-15(17)10-14)18-16(11-19)13-6-3-2-4-7-13/h2-10,12,16,18-19H,11H2,1H3/t12?,16-/m0/s1. The Labute approximate surface area is 122 Å². The lowest BCUT2D eigenvalue weighted by atomic mass is 10.0. The van der Waals surface area contributed by atoms with E-state index in [1.807, 2.05) is 42.5 Å². The summed E-state index contributed by atoms with van der Waals surface area (Å²) in [5.41, 5.74) is 2.30. The second-order valence-corrected chi connectivity index (χ2v) is 5.50. The summed E-state index contributed by atoms with van der Waals surface area (Å²) in [5, 5.41) is 13.0. The van der Waals surface area contributed by atoms with Crippen molar-refractivity contribution in [3.63, 3.8) is 0 Å². The van der Waals surface area contributed by atoms with Crippen LogP contribution in [0.2, 0.25) is 0 Å². The van der Waals surface area contributed by atoms with Gasteiger partial charge in [0.1, 0.15) is 0 Å². The van der Waals surface area contributed by atoms with Gasteiger partial charge in [-0.3, -0.25) is 0 Å². The molecule has 0 aliphatic heterocycles. The summed E-state index contributed by atoms with van der Waals surface area (Å²) in [7, 11) is 0. The molecule has 3 heteroatoms. The molecule has 0 aromatic heterocycles. The lowest BCUT2D eigenvalue weighted by Crippen LogP contribution is -2.27. The maximum atomic E-state index is 9.56. The Balaban J connectivity index is 2.10. The number of hydrogen-bond donors (Lipinski definition) is 2. The molecule has 2 aromatic carbocycles. The molecule has 2 atom stereocenters. The lowest BCUT2D eigenvalue weighted by Gasteiger charge is -2.22. The van der Waals surface area contributed by atoms with Crippen LogP contribution in [0.1, 0.15) is 30.1 Å². The molecule has 1 unspecified atom stereocenters. The Morgan fingerprint density at radius 1 is 1.05 bits per heavy atom. The minimum atomic E-state index is -0.0461. The highest BCUT2D eigenvalue weighted by molar-refractivity contribution is 9.10. The summed E-state index contributed by atoms with van der Waals surface area (Å²) in [6.45, 7) is 2.19. The number of aliphatic hydroxyl groups is 1. The number of halogens is 1. The van der Waals surface area contributed by atoms with Crippen LogP contribution in [0.4, 0.5) is 0 Å². The molecule has 19 heavy (non-hydrogen) atoms. The summed E-state index contributed by atoms with van der Waals surface area (Å²) < 4.78 is 1.07. The van der Waals surface area contributed by atoms with E-state index < -0.39 is 0 Å². The Morgan fingerprint density at radius 3 is 2.37 bits per heavy atom. The minimum Gasteiger partial charge on any atom is -0.394 e. The van der Waals surface area contributed by atoms with E-state index in [0.717, 1.165) is 10.0 Å². The molecule has 0 spiro atoms. The Kier molecular flexibility index (Phi) is 5.14. The Morgan fingerprint density at radius 2 is 1.74 bits per heavy atom. The molecule has 0 heterocycles. The number of benzene rings is 2. The fraction of sp³-hybridized carbons (Fsp3) is 0.250. The van der Waals surface area contributed by atoms with E-state index in [1.165, 1.54) is 5.56 Å². The van der Waals surface area contributed by atoms with Crippen LogP contribution in [-0.2, 0) is 0 Å². The molecule has 2 N–H and O–H groups in total. The SMILES string of the molecule is CC(N[C@@H](CO)c1ccccc1)c1cccc(Br)c1. The summed E-state index contributed by atoms with van der Waals surface area (Å²) in [5.74, 6) is 0. The van der Waals surface area contributed by atoms with Gasteiger partial charge in [-0.2, -0.15) is 0 Å². The largest absolute Gasteiger partial charge is 0.394 e. The van der Waals surface area contributed by atoms with E-state index in [4.69, 9.17) is 0 Å². The van der Waals surface area contributed by atoms with Crippen molar-refractivity contribution in [2.45, 2.75) is 19.0 Å². The molecule has 0 aliphatic rings. The zero-order chi connectivity index (χ0) is 13.7. The van der Waals surface area contributed by atoms with Gasteiger partial charge in [-0.25, -0.2) is 0 Å². The first-order valence-corrected chi connectivity index (χ1v) is 7.17. The molecule has 0 fully saturated rings. The van der Waals surface area contributed by atoms with Crippen molar-refractivity contribution in [3.05, 3.63) is 70.2 Å². The topological polar surface area (TPSA) is 32.3 Å². The summed E-state index contributed by atoms with van der Waals surface area (Å²) in [4.78, 5) is 0. The third-order valence-electron chi connectivity index (χ3n) is 3.18. The maximum absolute atomic E-state index is 9.56. The van der Waals surface area contributed by atoms with Crippen LogP contribution in [0.15, 0.2) is 59.1 Å². The first kappa shape index (κ1) is 14.3. The zero-order valence-electron chi connectivity index (χ0n) is 10.9. The van der Waals surface area contributed by atoms with Crippen LogP contribution < -0.4 is 5.32 Å². The van der Waals surface area contributed by atoms with E-state index in [9.17, 15) is 5.11 Å². The van der Waals surface area contributed by atoms with Gasteiger partial charge >= 0.3 is 0 Å². The fourth-order valence-corrected chi connectivity index (χ4v) is 2.53. The van der Waals surface area contributed by atoms with E-state index in [2.05, 4.69) is 40.3 Å². The van der Waals surface area contributed by atoms with Gasteiger partial charge in [0.2, 0.25) is 0 Å². The van der Waals surface area contributed by atoms with Gasteiger partial charge in [0.15, 0.2) is 0 Å². The number of rotatable bonds is 5. The molecule has 0 amide bonds. The Hall–Kier alpha value is -1.16. The smallest absolute Gasteiger partial charge is 0.0626 e. The Bertz CT molecular complexity index is 515. The zero-order valence-corrected chi connectivity index (χ0v) is 12.5. The van der Waals surface area contributed by atoms with Crippen molar-refractivity contribution in [2.75, 3.05) is 6.61 Å². The van der Waals surface area contributed by atoms with Gasteiger partial charge in [0.05, 0.1) is 12.6 Å². The van der Waals surface area contributed by atoms with Crippen LogP contribution >= 0.6 is 15.9 Å². The van der Waals surface area contributed by atoms with Gasteiger partial charge in [0.25, 0.3) is 0 Å². The summed E-state index contributed by atoms with van der Waals surface area (Å²) >= 11 is 3.48. The third kappa shape index (κ3) is 3.90. The lowest BCUT2D eigenvalue weighted by molar-refractivity contribution is 0.235. The fourth-order valence-electron chi connectivity index (χ4n) is 2.11. The van der Waals surface area contributed by atoms with Crippen LogP contribution in [0.3, 0.4) is 0 Å². The monoisotopic (exact) mass is 319 g/mol. The van der Waals surface area contributed by atoms with Gasteiger partial charge in [0, 0.05) is 10.5 Å². The van der Waals surface area contributed by atoms with Crippen molar-refractivity contribution in [2.24, 2.45) is 0 Å². The first-order chi connectivity index (χ1) is 9.20. The van der Waals surface area contributed by atoms with Crippen molar-refractivity contribution in [3.8, 4) is 0 Å². The van der Waals surface area contributed by atoms with E-state index in [1.54, 1.807) is 0 Å². The number of aliphatic hydroxyl groups excluding tert-OH is 1. The van der Waals surface area contributed by atoms with Gasteiger partial charge in [-0.1, -0.05) is 58.4 Å². The molecule has 0 aliphatic carbocycles. The summed E-state index contributed by atoms with van der Waals surface area (Å²) in [6.07, 6.45) is 0. The van der Waals surface area contributed by atoms with Crippen LogP contribution in [0.5, 0.6) is 0 Å². The van der Waals surface area contributed by atoms with Crippen LogP contribution in [0, 0.1) is 0 Å². The van der Waals surface area contributed by atoms with E-state index in [0.29, 0.717) is 0 Å². The first-order valence-electron chi connectivity index (χ1n) is 6.38. The summed E-state index contributed by atoms with van der Waals surface area (Å²) in [6, 6.07) is 18.4. The molecule has 2 rings (SSSR count). The van der Waals surface area contributed by atoms with Crippen molar-refractivity contribution < 1.29 is 5.11 Å². The third-order valence-corrected chi connectivity index (χ3v) is 3.68. The predicted octanol–water partition coefficient (Wildman–Crippen LogP) is 3.83. The molecule has 0 saturated heterocycles. The van der Waals surface area contributed by atoms with E-state index in [-0.39, 0.29) is 18.7 Å². The van der Waals surface area contributed by atoms with Gasteiger partial charge in [-0.15, -0.1) is 0 Å². The van der Waals surface area contributed by atoms with Crippen molar-refractivity contribution >= 4 is 15.9 Å². The van der Waals surface area contributed by atoms with E-state index >= 15 is 0 Å². The highest BCUT2D eigenvalue weighted by Gasteiger charge is 2.14. The van der Waals surface area contributed by atoms with Crippen LogP contribution in [0.25, 0.3) is 0 Å². The molecule has 0 bridgehead atoms.